The largest absolute Gasteiger partial charge is 0.481 e. The summed E-state index contributed by atoms with van der Waals surface area (Å²) in [7, 11) is 0. The number of carbonyl (C=O) groups is 5. The van der Waals surface area contributed by atoms with Crippen molar-refractivity contribution in [2.24, 2.45) is 11.7 Å². The van der Waals surface area contributed by atoms with Crippen LogP contribution in [0.3, 0.4) is 0 Å². The maximum absolute atomic E-state index is 13.3. The summed E-state index contributed by atoms with van der Waals surface area (Å²) in [6.45, 7) is 3.46. The number of para-hydroxylation sites is 1. The van der Waals surface area contributed by atoms with E-state index in [0.717, 1.165) is 10.9 Å². The molecule has 0 bridgehead atoms. The molecule has 0 aliphatic heterocycles. The van der Waals surface area contributed by atoms with Gasteiger partial charge in [-0.3, -0.25) is 19.2 Å². The highest BCUT2D eigenvalue weighted by Gasteiger charge is 2.31. The van der Waals surface area contributed by atoms with Crippen LogP contribution >= 0.6 is 11.8 Å². The fourth-order valence-corrected chi connectivity index (χ4v) is 4.35. The van der Waals surface area contributed by atoms with Gasteiger partial charge in [-0.25, -0.2) is 4.79 Å². The highest BCUT2D eigenvalue weighted by atomic mass is 32.2. The molecule has 3 amide bonds. The van der Waals surface area contributed by atoms with Crippen LogP contribution in [-0.2, 0) is 30.4 Å². The molecule has 2 rings (SSSR count). The summed E-state index contributed by atoms with van der Waals surface area (Å²) in [6, 6.07) is 2.78. The summed E-state index contributed by atoms with van der Waals surface area (Å²) < 4.78 is 0. The van der Waals surface area contributed by atoms with Crippen LogP contribution < -0.4 is 21.7 Å². The Morgan fingerprint density at radius 2 is 1.54 bits per heavy atom. The molecule has 0 saturated heterocycles. The molecule has 0 aliphatic carbocycles. The number of benzene rings is 1. The number of fused-ring (bicyclic) bond motifs is 1. The second-order valence-corrected chi connectivity index (χ2v) is 10.6. The zero-order chi connectivity index (χ0) is 29.1. The third-order valence-electron chi connectivity index (χ3n) is 6.26. The van der Waals surface area contributed by atoms with Crippen LogP contribution in [-0.4, -0.2) is 81.0 Å². The van der Waals surface area contributed by atoms with Gasteiger partial charge < -0.3 is 36.9 Å². The van der Waals surface area contributed by atoms with Crippen LogP contribution in [0.1, 0.15) is 38.7 Å². The van der Waals surface area contributed by atoms with E-state index in [1.807, 2.05) is 30.5 Å². The van der Waals surface area contributed by atoms with E-state index < -0.39 is 60.2 Å². The van der Waals surface area contributed by atoms with Gasteiger partial charge in [0, 0.05) is 29.9 Å². The van der Waals surface area contributed by atoms with Crippen LogP contribution in [0, 0.1) is 5.92 Å². The van der Waals surface area contributed by atoms with Gasteiger partial charge in [-0.15, -0.1) is 0 Å². The second kappa shape index (κ2) is 15.1. The summed E-state index contributed by atoms with van der Waals surface area (Å²) in [4.78, 5) is 65.2. The highest BCUT2D eigenvalue weighted by Crippen LogP contribution is 2.19. The van der Waals surface area contributed by atoms with Gasteiger partial charge >= 0.3 is 11.9 Å². The van der Waals surface area contributed by atoms with Crippen molar-refractivity contribution in [3.63, 3.8) is 0 Å². The van der Waals surface area contributed by atoms with Gasteiger partial charge in [0.25, 0.3) is 0 Å². The smallest absolute Gasteiger partial charge is 0.326 e. The molecule has 0 saturated carbocycles. The van der Waals surface area contributed by atoms with Gasteiger partial charge in [-0.05, 0) is 42.4 Å². The average molecular weight is 564 g/mol. The van der Waals surface area contributed by atoms with Crippen molar-refractivity contribution in [3.8, 4) is 0 Å². The molecule has 8 N–H and O–H groups in total. The van der Waals surface area contributed by atoms with Crippen LogP contribution in [0.5, 0.6) is 0 Å². The first-order valence-electron chi connectivity index (χ1n) is 12.6. The van der Waals surface area contributed by atoms with Crippen LogP contribution in [0.4, 0.5) is 0 Å². The fraction of sp³-hybridized carbons (Fsp3) is 0.500. The lowest BCUT2D eigenvalue weighted by atomic mass is 10.0. The molecule has 214 valence electrons. The van der Waals surface area contributed by atoms with Crippen molar-refractivity contribution >= 4 is 52.3 Å². The molecule has 1 aromatic carbocycles. The Kier molecular flexibility index (Phi) is 12.3. The molecule has 1 heterocycles. The number of nitrogens with two attached hydrogens (primary N) is 1. The Morgan fingerprint density at radius 1 is 0.923 bits per heavy atom. The first kappa shape index (κ1) is 31.6. The van der Waals surface area contributed by atoms with E-state index >= 15 is 0 Å². The standard InChI is InChI=1S/C26H37N5O7S/c1-14(2)22(27)25(36)29-18(8-9-21(32)33)23(34)31-20(24(35)30-19(26(37)38)10-11-39-3)12-15-13-28-17-7-5-4-6-16(15)17/h4-7,13-14,18-20,22,28H,8-12,27H2,1-3H3,(H,29,36)(H,30,35)(H,31,34)(H,32,33)(H,37,38). The van der Waals surface area contributed by atoms with E-state index in [4.69, 9.17) is 10.8 Å². The van der Waals surface area contributed by atoms with Crippen molar-refractivity contribution in [2.75, 3.05) is 12.0 Å². The lowest BCUT2D eigenvalue weighted by molar-refractivity contribution is -0.142. The molecule has 13 heteroatoms. The number of aromatic amines is 1. The molecule has 39 heavy (non-hydrogen) atoms. The summed E-state index contributed by atoms with van der Waals surface area (Å²) in [5, 5.41) is 27.2. The summed E-state index contributed by atoms with van der Waals surface area (Å²) in [5.41, 5.74) is 7.41. The predicted molar refractivity (Wildman–Crippen MR) is 148 cm³/mol. The number of thioether (sulfide) groups is 1. The molecule has 0 fully saturated rings. The summed E-state index contributed by atoms with van der Waals surface area (Å²) in [5.74, 6) is -4.24. The normalized spacial score (nSPS) is 14.3. The number of rotatable bonds is 16. The maximum Gasteiger partial charge on any atom is 0.326 e. The molecular formula is C26H37N5O7S. The zero-order valence-corrected chi connectivity index (χ0v) is 23.0. The van der Waals surface area contributed by atoms with Gasteiger partial charge in [0.2, 0.25) is 17.7 Å². The lowest BCUT2D eigenvalue weighted by Gasteiger charge is -2.25. The average Bonchev–Trinajstić information content (AvgIpc) is 3.30. The minimum atomic E-state index is -1.27. The Hall–Kier alpha value is -3.58. The van der Waals surface area contributed by atoms with E-state index in [-0.39, 0.29) is 25.2 Å². The van der Waals surface area contributed by atoms with Crippen LogP contribution in [0.2, 0.25) is 0 Å². The third kappa shape index (κ3) is 9.59. The van der Waals surface area contributed by atoms with Crippen molar-refractivity contribution in [1.29, 1.82) is 0 Å². The summed E-state index contributed by atoms with van der Waals surface area (Å²) in [6.07, 6.45) is 3.07. The van der Waals surface area contributed by atoms with Gasteiger partial charge in [0.15, 0.2) is 0 Å². The number of aliphatic carboxylic acids is 2. The molecule has 12 nitrogen and oxygen atoms in total. The SMILES string of the molecule is CSCCC(NC(=O)C(Cc1c[nH]c2ccccc12)NC(=O)C(CCC(=O)O)NC(=O)C(N)C(C)C)C(=O)O. The zero-order valence-electron chi connectivity index (χ0n) is 22.2. The van der Waals surface area contributed by atoms with Crippen LogP contribution in [0.15, 0.2) is 30.5 Å². The van der Waals surface area contributed by atoms with E-state index in [2.05, 4.69) is 20.9 Å². The number of carboxylic acids is 2. The molecule has 4 unspecified atom stereocenters. The Balaban J connectivity index is 2.33. The van der Waals surface area contributed by atoms with Crippen molar-refractivity contribution in [1.82, 2.24) is 20.9 Å². The number of amides is 3. The number of H-pyrrole nitrogens is 1. The second-order valence-electron chi connectivity index (χ2n) is 9.57. The monoisotopic (exact) mass is 563 g/mol. The minimum absolute atomic E-state index is 0.0154. The van der Waals surface area contributed by atoms with Crippen molar-refractivity contribution in [2.45, 2.75) is 63.7 Å². The fourth-order valence-electron chi connectivity index (χ4n) is 3.87. The molecular weight excluding hydrogens is 526 g/mol. The van der Waals surface area contributed by atoms with E-state index in [0.29, 0.717) is 11.3 Å². The molecule has 2 aromatic rings. The van der Waals surface area contributed by atoms with Crippen LogP contribution in [0.25, 0.3) is 10.9 Å². The Bertz CT molecular complexity index is 1170. The Morgan fingerprint density at radius 3 is 2.15 bits per heavy atom. The predicted octanol–water partition coefficient (Wildman–Crippen LogP) is 0.851. The van der Waals surface area contributed by atoms with Gasteiger partial charge in [0.05, 0.1) is 6.04 Å². The van der Waals surface area contributed by atoms with E-state index in [1.54, 1.807) is 20.0 Å². The number of hydrogen-bond donors (Lipinski definition) is 7. The summed E-state index contributed by atoms with van der Waals surface area (Å²) >= 11 is 1.43. The number of carbonyl (C=O) groups excluding carboxylic acids is 3. The van der Waals surface area contributed by atoms with Gasteiger partial charge in [-0.1, -0.05) is 32.0 Å². The number of hydrogen-bond acceptors (Lipinski definition) is 7. The number of nitrogens with one attached hydrogen (secondary N) is 4. The highest BCUT2D eigenvalue weighted by molar-refractivity contribution is 7.98. The quantitative estimate of drug-likeness (QED) is 0.154. The van der Waals surface area contributed by atoms with E-state index in [9.17, 15) is 29.1 Å². The van der Waals surface area contributed by atoms with Crippen molar-refractivity contribution in [3.05, 3.63) is 36.0 Å². The van der Waals surface area contributed by atoms with E-state index in [1.165, 1.54) is 11.8 Å². The third-order valence-corrected chi connectivity index (χ3v) is 6.90. The molecule has 0 spiro atoms. The number of aromatic nitrogens is 1. The maximum atomic E-state index is 13.3. The van der Waals surface area contributed by atoms with Crippen molar-refractivity contribution < 1.29 is 34.2 Å². The topological polar surface area (TPSA) is 204 Å². The molecule has 4 atom stereocenters. The van der Waals surface area contributed by atoms with Gasteiger partial charge in [0.1, 0.15) is 18.1 Å². The molecule has 0 aliphatic rings. The molecule has 1 aromatic heterocycles. The first-order chi connectivity index (χ1) is 18.4. The first-order valence-corrected chi connectivity index (χ1v) is 14.0. The molecule has 0 radical (unpaired) electrons. The Labute approximate surface area is 230 Å². The number of carboxylic acid groups (broad SMARTS) is 2. The lowest BCUT2D eigenvalue weighted by Crippen LogP contribution is -2.58. The van der Waals surface area contributed by atoms with Gasteiger partial charge in [-0.2, -0.15) is 11.8 Å². The minimum Gasteiger partial charge on any atom is -0.481 e.